The lowest BCUT2D eigenvalue weighted by Gasteiger charge is -2.05. The van der Waals surface area contributed by atoms with Crippen molar-refractivity contribution in [2.75, 3.05) is 46.2 Å². The Balaban J connectivity index is 2.93. The lowest BCUT2D eigenvalue weighted by atomic mass is 10.6. The summed E-state index contributed by atoms with van der Waals surface area (Å²) in [4.78, 5) is 20.1. The second-order valence-electron chi connectivity index (χ2n) is 2.82. The maximum absolute atomic E-state index is 10.3. The van der Waals surface area contributed by atoms with E-state index in [9.17, 15) is 9.59 Å². The molecule has 0 aromatic heterocycles. The van der Waals surface area contributed by atoms with Gasteiger partial charge in [-0.15, -0.1) is 0 Å². The summed E-state index contributed by atoms with van der Waals surface area (Å²) in [6.07, 6.45) is 0.621. The molecule has 0 bridgehead atoms. The number of rotatable bonds is 12. The van der Waals surface area contributed by atoms with Crippen LogP contribution in [0.25, 0.3) is 0 Å². The first kappa shape index (κ1) is 14.8. The van der Waals surface area contributed by atoms with Crippen molar-refractivity contribution in [1.29, 1.82) is 0 Å². The van der Waals surface area contributed by atoms with Crippen LogP contribution in [-0.2, 0) is 23.8 Å². The number of ether oxygens (including phenoxy) is 3. The fraction of sp³-hybridized carbons (Fsp3) is 0.778. The maximum Gasteiger partial charge on any atom is 0.243 e. The van der Waals surface area contributed by atoms with Crippen molar-refractivity contribution < 1.29 is 23.8 Å². The molecule has 0 radical (unpaired) electrons. The van der Waals surface area contributed by atoms with Gasteiger partial charge in [-0.3, -0.25) is 9.59 Å². The van der Waals surface area contributed by atoms with Crippen LogP contribution in [-0.4, -0.2) is 58.5 Å². The number of carbonyl (C=O) groups excluding carboxylic acids is 2. The van der Waals surface area contributed by atoms with Crippen molar-refractivity contribution in [3.05, 3.63) is 0 Å². The minimum Gasteiger partial charge on any atom is -0.377 e. The van der Waals surface area contributed by atoms with Gasteiger partial charge in [0.1, 0.15) is 6.61 Å². The van der Waals surface area contributed by atoms with E-state index >= 15 is 0 Å². The van der Waals surface area contributed by atoms with Crippen LogP contribution in [0.2, 0.25) is 0 Å². The van der Waals surface area contributed by atoms with E-state index in [-0.39, 0.29) is 6.61 Å². The minimum atomic E-state index is -0.494. The Morgan fingerprint density at radius 2 is 1.62 bits per heavy atom. The highest BCUT2D eigenvalue weighted by Gasteiger charge is 1.94. The first-order valence-corrected chi connectivity index (χ1v) is 4.96. The van der Waals surface area contributed by atoms with Gasteiger partial charge in [-0.25, -0.2) is 0 Å². The second kappa shape index (κ2) is 11.9. The predicted molar refractivity (Wildman–Crippen MR) is 55.7 cm³/mol. The molecule has 7 heteroatoms. The van der Waals surface area contributed by atoms with Crippen molar-refractivity contribution in [3.8, 4) is 0 Å². The van der Waals surface area contributed by atoms with Gasteiger partial charge in [-0.1, -0.05) is 0 Å². The van der Waals surface area contributed by atoms with Crippen molar-refractivity contribution >= 4 is 12.3 Å². The third-order valence-corrected chi connectivity index (χ3v) is 1.46. The summed E-state index contributed by atoms with van der Waals surface area (Å²) in [6, 6.07) is 0. The van der Waals surface area contributed by atoms with Gasteiger partial charge in [-0.2, -0.15) is 0 Å². The van der Waals surface area contributed by atoms with E-state index in [2.05, 4.69) is 5.32 Å². The summed E-state index contributed by atoms with van der Waals surface area (Å²) in [7, 11) is 0. The van der Waals surface area contributed by atoms with Gasteiger partial charge in [-0.05, 0) is 0 Å². The van der Waals surface area contributed by atoms with Crippen LogP contribution in [0.1, 0.15) is 0 Å². The number of carbonyl (C=O) groups is 2. The predicted octanol–water partition coefficient (Wildman–Crippen LogP) is -1.73. The Hall–Kier alpha value is -1.18. The second-order valence-corrected chi connectivity index (χ2v) is 2.82. The molecular weight excluding hydrogens is 216 g/mol. The Labute approximate surface area is 94.2 Å². The molecule has 0 spiro atoms. The molecule has 16 heavy (non-hydrogen) atoms. The van der Waals surface area contributed by atoms with Gasteiger partial charge in [0.2, 0.25) is 12.3 Å². The van der Waals surface area contributed by atoms with Crippen LogP contribution in [0.3, 0.4) is 0 Å². The molecule has 0 aromatic rings. The molecule has 0 aliphatic carbocycles. The van der Waals surface area contributed by atoms with Gasteiger partial charge >= 0.3 is 0 Å². The Morgan fingerprint density at radius 1 is 1.06 bits per heavy atom. The Morgan fingerprint density at radius 3 is 2.19 bits per heavy atom. The maximum atomic E-state index is 10.3. The smallest absolute Gasteiger partial charge is 0.243 e. The molecule has 0 rings (SSSR count). The molecule has 0 aromatic carbocycles. The lowest BCUT2D eigenvalue weighted by molar-refractivity contribution is -0.123. The standard InChI is InChI=1S/C9H18N2O5/c10-9(13)7-16-6-5-15-4-3-14-2-1-11-8-12/h8H,1-7H2,(H2,10,13)(H,11,12). The van der Waals surface area contributed by atoms with Crippen LogP contribution in [0.4, 0.5) is 0 Å². The highest BCUT2D eigenvalue weighted by molar-refractivity contribution is 5.74. The summed E-state index contributed by atoms with van der Waals surface area (Å²) < 4.78 is 15.1. The zero-order valence-electron chi connectivity index (χ0n) is 9.15. The third kappa shape index (κ3) is 12.8. The topological polar surface area (TPSA) is 99.9 Å². The molecule has 0 atom stereocenters. The van der Waals surface area contributed by atoms with E-state index in [0.29, 0.717) is 46.0 Å². The molecule has 0 saturated heterocycles. The molecule has 0 aliphatic rings. The summed E-state index contributed by atoms with van der Waals surface area (Å²) in [6.45, 7) is 2.49. The lowest BCUT2D eigenvalue weighted by Crippen LogP contribution is -2.20. The summed E-state index contributed by atoms with van der Waals surface area (Å²) in [5.41, 5.74) is 4.86. The first-order chi connectivity index (χ1) is 7.77. The average Bonchev–Trinajstić information content (AvgIpc) is 2.25. The van der Waals surface area contributed by atoms with Crippen LogP contribution < -0.4 is 11.1 Å². The molecule has 94 valence electrons. The van der Waals surface area contributed by atoms with E-state index in [1.165, 1.54) is 0 Å². The van der Waals surface area contributed by atoms with Crippen molar-refractivity contribution in [3.63, 3.8) is 0 Å². The van der Waals surface area contributed by atoms with E-state index < -0.39 is 5.91 Å². The molecule has 7 nitrogen and oxygen atoms in total. The van der Waals surface area contributed by atoms with Crippen molar-refractivity contribution in [2.24, 2.45) is 5.73 Å². The molecular formula is C9H18N2O5. The zero-order chi connectivity index (χ0) is 12.1. The first-order valence-electron chi connectivity index (χ1n) is 4.96. The molecule has 2 amide bonds. The van der Waals surface area contributed by atoms with Crippen LogP contribution in [0, 0.1) is 0 Å². The molecule has 0 saturated carbocycles. The van der Waals surface area contributed by atoms with Crippen LogP contribution in [0.5, 0.6) is 0 Å². The van der Waals surface area contributed by atoms with Crippen LogP contribution in [0.15, 0.2) is 0 Å². The summed E-state index contributed by atoms with van der Waals surface area (Å²) in [5, 5.41) is 2.47. The molecule has 0 unspecified atom stereocenters. The molecule has 0 aliphatic heterocycles. The highest BCUT2D eigenvalue weighted by Crippen LogP contribution is 1.80. The summed E-state index contributed by atoms with van der Waals surface area (Å²) in [5.74, 6) is -0.494. The van der Waals surface area contributed by atoms with Gasteiger partial charge in [0.15, 0.2) is 0 Å². The monoisotopic (exact) mass is 234 g/mol. The van der Waals surface area contributed by atoms with Crippen LogP contribution >= 0.6 is 0 Å². The van der Waals surface area contributed by atoms with E-state index in [4.69, 9.17) is 19.9 Å². The fourth-order valence-electron chi connectivity index (χ4n) is 0.803. The molecule has 3 N–H and O–H groups in total. The SMILES string of the molecule is NC(=O)COCCOCCOCCNC=O. The third-order valence-electron chi connectivity index (χ3n) is 1.46. The number of primary amides is 1. The van der Waals surface area contributed by atoms with Crippen molar-refractivity contribution in [2.45, 2.75) is 0 Å². The number of hydrogen-bond acceptors (Lipinski definition) is 5. The number of amides is 2. The zero-order valence-corrected chi connectivity index (χ0v) is 9.15. The largest absolute Gasteiger partial charge is 0.377 e. The Bertz CT molecular complexity index is 189. The normalized spacial score (nSPS) is 10.0. The van der Waals surface area contributed by atoms with Gasteiger partial charge in [0.25, 0.3) is 0 Å². The van der Waals surface area contributed by atoms with Gasteiger partial charge in [0, 0.05) is 6.54 Å². The van der Waals surface area contributed by atoms with E-state index in [0.717, 1.165) is 0 Å². The fourth-order valence-corrected chi connectivity index (χ4v) is 0.803. The minimum absolute atomic E-state index is 0.0861. The highest BCUT2D eigenvalue weighted by atomic mass is 16.5. The number of hydrogen-bond donors (Lipinski definition) is 2. The van der Waals surface area contributed by atoms with E-state index in [1.807, 2.05) is 0 Å². The van der Waals surface area contributed by atoms with Crippen molar-refractivity contribution in [1.82, 2.24) is 5.32 Å². The summed E-state index contributed by atoms with van der Waals surface area (Å²) >= 11 is 0. The quantitative estimate of drug-likeness (QED) is 0.309. The Kier molecular flexibility index (Phi) is 11.0. The number of nitrogens with two attached hydrogens (primary N) is 1. The van der Waals surface area contributed by atoms with Gasteiger partial charge < -0.3 is 25.3 Å². The van der Waals surface area contributed by atoms with E-state index in [1.54, 1.807) is 0 Å². The molecule has 0 heterocycles. The number of nitrogens with one attached hydrogen (secondary N) is 1. The van der Waals surface area contributed by atoms with Gasteiger partial charge in [0.05, 0.1) is 33.0 Å². The average molecular weight is 234 g/mol. The molecule has 0 fully saturated rings.